The number of carbonyl (C=O) groups is 1. The molecular weight excluding hydrogens is 352 g/mol. The summed E-state index contributed by atoms with van der Waals surface area (Å²) in [5.41, 5.74) is 1.66. The second-order valence-electron chi connectivity index (χ2n) is 6.74. The molecule has 5 nitrogen and oxygen atoms in total. The highest BCUT2D eigenvalue weighted by molar-refractivity contribution is 6.30. The lowest BCUT2D eigenvalue weighted by Gasteiger charge is -2.34. The molecule has 0 atom stereocenters. The van der Waals surface area contributed by atoms with E-state index in [0.717, 1.165) is 47.9 Å². The summed E-state index contributed by atoms with van der Waals surface area (Å²) in [7, 11) is 3.19. The highest BCUT2D eigenvalue weighted by Crippen LogP contribution is 2.28. The van der Waals surface area contributed by atoms with Gasteiger partial charge < -0.3 is 14.4 Å². The summed E-state index contributed by atoms with van der Waals surface area (Å²) in [6, 6.07) is 7.93. The standard InChI is InChI=1S/C20H25ClN2O3/c1-25-13-19(24)23(16-6-4-3-5-7-16)12-15-10-14-11-17(26-2)8-9-18(14)22-20(15)21/h8-11,16H,3-7,12-13H2,1-2H3. The van der Waals surface area contributed by atoms with Crippen molar-refractivity contribution in [3.8, 4) is 5.75 Å². The van der Waals surface area contributed by atoms with Gasteiger partial charge in [-0.2, -0.15) is 0 Å². The van der Waals surface area contributed by atoms with Gasteiger partial charge in [0.15, 0.2) is 0 Å². The molecule has 2 aromatic rings. The van der Waals surface area contributed by atoms with E-state index in [2.05, 4.69) is 4.98 Å². The molecule has 1 heterocycles. The van der Waals surface area contributed by atoms with E-state index in [1.807, 2.05) is 29.2 Å². The molecule has 0 aliphatic heterocycles. The third-order valence-corrected chi connectivity index (χ3v) is 5.32. The Morgan fingerprint density at radius 1 is 1.23 bits per heavy atom. The lowest BCUT2D eigenvalue weighted by Crippen LogP contribution is -2.42. The number of methoxy groups -OCH3 is 2. The number of nitrogens with zero attached hydrogens (tertiary/aromatic N) is 2. The first-order valence-electron chi connectivity index (χ1n) is 9.04. The van der Waals surface area contributed by atoms with Crippen molar-refractivity contribution < 1.29 is 14.3 Å². The number of hydrogen-bond donors (Lipinski definition) is 0. The summed E-state index contributed by atoms with van der Waals surface area (Å²) >= 11 is 6.43. The van der Waals surface area contributed by atoms with Crippen LogP contribution in [-0.4, -0.2) is 42.7 Å². The van der Waals surface area contributed by atoms with Gasteiger partial charge in [-0.1, -0.05) is 30.9 Å². The van der Waals surface area contributed by atoms with Crippen molar-refractivity contribution in [1.82, 2.24) is 9.88 Å². The number of pyridine rings is 1. The van der Waals surface area contributed by atoms with Crippen molar-refractivity contribution in [1.29, 1.82) is 0 Å². The Morgan fingerprint density at radius 2 is 2.00 bits per heavy atom. The molecule has 1 saturated carbocycles. The van der Waals surface area contributed by atoms with Crippen molar-refractivity contribution in [3.63, 3.8) is 0 Å². The second-order valence-corrected chi connectivity index (χ2v) is 7.10. The Labute approximate surface area is 159 Å². The number of benzene rings is 1. The van der Waals surface area contributed by atoms with Crippen LogP contribution in [-0.2, 0) is 16.1 Å². The van der Waals surface area contributed by atoms with Crippen molar-refractivity contribution in [3.05, 3.63) is 35.0 Å². The van der Waals surface area contributed by atoms with E-state index in [1.54, 1.807) is 14.2 Å². The fourth-order valence-corrected chi connectivity index (χ4v) is 3.82. The molecule has 1 amide bonds. The zero-order valence-corrected chi connectivity index (χ0v) is 16.1. The molecule has 0 N–H and O–H groups in total. The first-order valence-corrected chi connectivity index (χ1v) is 9.41. The van der Waals surface area contributed by atoms with E-state index in [1.165, 1.54) is 6.42 Å². The van der Waals surface area contributed by atoms with E-state index in [0.29, 0.717) is 11.7 Å². The average molecular weight is 377 g/mol. The summed E-state index contributed by atoms with van der Waals surface area (Å²) in [5, 5.41) is 1.39. The predicted octanol–water partition coefficient (Wildman–Crippen LogP) is 4.20. The van der Waals surface area contributed by atoms with Gasteiger partial charge >= 0.3 is 0 Å². The minimum absolute atomic E-state index is 0.00112. The number of halogens is 1. The Hall–Kier alpha value is -1.85. The van der Waals surface area contributed by atoms with Gasteiger partial charge in [-0.05, 0) is 37.1 Å². The van der Waals surface area contributed by atoms with Gasteiger partial charge in [-0.15, -0.1) is 0 Å². The number of ether oxygens (including phenoxy) is 2. The van der Waals surface area contributed by atoms with Crippen LogP contribution in [0.5, 0.6) is 5.75 Å². The molecule has 1 aliphatic rings. The van der Waals surface area contributed by atoms with Crippen molar-refractivity contribution in [2.24, 2.45) is 0 Å². The van der Waals surface area contributed by atoms with Crippen LogP contribution in [0.3, 0.4) is 0 Å². The van der Waals surface area contributed by atoms with Crippen LogP contribution < -0.4 is 4.74 Å². The molecule has 140 valence electrons. The molecule has 1 aromatic carbocycles. The van der Waals surface area contributed by atoms with Crippen LogP contribution in [0.25, 0.3) is 10.9 Å². The van der Waals surface area contributed by atoms with Crippen LogP contribution in [0.4, 0.5) is 0 Å². The third-order valence-electron chi connectivity index (χ3n) is 4.99. The fourth-order valence-electron chi connectivity index (χ4n) is 3.62. The Balaban J connectivity index is 1.91. The lowest BCUT2D eigenvalue weighted by molar-refractivity contribution is -0.139. The van der Waals surface area contributed by atoms with Crippen molar-refractivity contribution in [2.45, 2.75) is 44.7 Å². The molecule has 1 aromatic heterocycles. The zero-order valence-electron chi connectivity index (χ0n) is 15.3. The molecule has 6 heteroatoms. The maximum atomic E-state index is 12.6. The van der Waals surface area contributed by atoms with Crippen LogP contribution in [0.1, 0.15) is 37.7 Å². The third kappa shape index (κ3) is 4.27. The van der Waals surface area contributed by atoms with Crippen molar-refractivity contribution >= 4 is 28.4 Å². The van der Waals surface area contributed by atoms with E-state index in [4.69, 9.17) is 21.1 Å². The Kier molecular flexibility index (Phi) is 6.33. The molecule has 1 fully saturated rings. The fraction of sp³-hybridized carbons (Fsp3) is 0.500. The summed E-state index contributed by atoms with van der Waals surface area (Å²) in [6.07, 6.45) is 5.61. The Morgan fingerprint density at radius 3 is 2.69 bits per heavy atom. The van der Waals surface area contributed by atoms with E-state index >= 15 is 0 Å². The highest BCUT2D eigenvalue weighted by Gasteiger charge is 2.26. The van der Waals surface area contributed by atoms with Crippen LogP contribution in [0.15, 0.2) is 24.3 Å². The topological polar surface area (TPSA) is 51.7 Å². The molecule has 0 saturated heterocycles. The zero-order chi connectivity index (χ0) is 18.5. The molecule has 0 bridgehead atoms. The quantitative estimate of drug-likeness (QED) is 0.709. The number of rotatable bonds is 6. The number of aromatic nitrogens is 1. The van der Waals surface area contributed by atoms with Crippen LogP contribution in [0, 0.1) is 0 Å². The van der Waals surface area contributed by atoms with Crippen molar-refractivity contribution in [2.75, 3.05) is 20.8 Å². The minimum atomic E-state index is 0.00112. The maximum Gasteiger partial charge on any atom is 0.249 e. The summed E-state index contributed by atoms with van der Waals surface area (Å²) in [4.78, 5) is 19.0. The first-order chi connectivity index (χ1) is 12.6. The number of amides is 1. The molecule has 0 unspecified atom stereocenters. The lowest BCUT2D eigenvalue weighted by atomic mass is 9.93. The molecule has 0 radical (unpaired) electrons. The van der Waals surface area contributed by atoms with E-state index in [9.17, 15) is 4.79 Å². The smallest absolute Gasteiger partial charge is 0.249 e. The van der Waals surface area contributed by atoms with Gasteiger partial charge in [-0.3, -0.25) is 4.79 Å². The normalized spacial score (nSPS) is 15.2. The molecule has 26 heavy (non-hydrogen) atoms. The van der Waals surface area contributed by atoms with Gasteiger partial charge in [0.05, 0.1) is 12.6 Å². The van der Waals surface area contributed by atoms with Gasteiger partial charge in [0.25, 0.3) is 0 Å². The van der Waals surface area contributed by atoms with E-state index in [-0.39, 0.29) is 18.6 Å². The minimum Gasteiger partial charge on any atom is -0.497 e. The van der Waals surface area contributed by atoms with Crippen LogP contribution >= 0.6 is 11.6 Å². The maximum absolute atomic E-state index is 12.6. The number of carbonyl (C=O) groups excluding carboxylic acids is 1. The summed E-state index contributed by atoms with van der Waals surface area (Å²) in [6.45, 7) is 0.537. The monoisotopic (exact) mass is 376 g/mol. The SMILES string of the molecule is COCC(=O)N(Cc1cc2cc(OC)ccc2nc1Cl)C1CCCCC1. The molecule has 3 rings (SSSR count). The first kappa shape index (κ1) is 18.9. The van der Waals surface area contributed by atoms with E-state index < -0.39 is 0 Å². The second kappa shape index (κ2) is 8.69. The Bertz CT molecular complexity index is 775. The summed E-state index contributed by atoms with van der Waals surface area (Å²) in [5.74, 6) is 0.772. The largest absolute Gasteiger partial charge is 0.497 e. The van der Waals surface area contributed by atoms with Gasteiger partial charge in [0, 0.05) is 30.6 Å². The van der Waals surface area contributed by atoms with Gasteiger partial charge in [0.1, 0.15) is 17.5 Å². The average Bonchev–Trinajstić information content (AvgIpc) is 2.66. The summed E-state index contributed by atoms with van der Waals surface area (Å²) < 4.78 is 10.4. The number of hydrogen-bond acceptors (Lipinski definition) is 4. The molecular formula is C20H25ClN2O3. The number of fused-ring (bicyclic) bond motifs is 1. The predicted molar refractivity (Wildman–Crippen MR) is 103 cm³/mol. The molecule has 1 aliphatic carbocycles. The van der Waals surface area contributed by atoms with Gasteiger partial charge in [-0.25, -0.2) is 4.98 Å². The van der Waals surface area contributed by atoms with Crippen LogP contribution in [0.2, 0.25) is 5.15 Å². The molecule has 0 spiro atoms. The highest BCUT2D eigenvalue weighted by atomic mass is 35.5. The van der Waals surface area contributed by atoms with Gasteiger partial charge in [0.2, 0.25) is 5.91 Å².